The monoisotopic (exact) mass is 430 g/mol. The van der Waals surface area contributed by atoms with E-state index in [0.717, 1.165) is 36.3 Å². The third kappa shape index (κ3) is 5.37. The Bertz CT molecular complexity index is 712. The Morgan fingerprint density at radius 1 is 1.23 bits per heavy atom. The summed E-state index contributed by atoms with van der Waals surface area (Å²) in [6.45, 7) is 14.8. The van der Waals surface area contributed by atoms with E-state index in [2.05, 4.69) is 32.6 Å². The Balaban J connectivity index is 1.71. The van der Waals surface area contributed by atoms with Crippen molar-refractivity contribution in [1.29, 1.82) is 0 Å². The summed E-state index contributed by atoms with van der Waals surface area (Å²) in [6, 6.07) is 0. The minimum atomic E-state index is -0.648. The van der Waals surface area contributed by atoms with Gasteiger partial charge in [-0.3, -0.25) is 0 Å². The summed E-state index contributed by atoms with van der Waals surface area (Å²) in [4.78, 5) is 0. The first kappa shape index (κ1) is 24.7. The lowest BCUT2D eigenvalue weighted by atomic mass is 9.60. The highest BCUT2D eigenvalue weighted by atomic mass is 16.3. The molecule has 0 aliphatic heterocycles. The second kappa shape index (κ2) is 9.53. The predicted molar refractivity (Wildman–Crippen MR) is 129 cm³/mol. The Morgan fingerprint density at radius 2 is 1.94 bits per heavy atom. The smallest absolute Gasteiger partial charge is 0.0837 e. The lowest BCUT2D eigenvalue weighted by Crippen LogP contribution is -2.36. The van der Waals surface area contributed by atoms with Gasteiger partial charge in [0.25, 0.3) is 0 Å². The largest absolute Gasteiger partial charge is 0.392 e. The zero-order valence-corrected chi connectivity index (χ0v) is 20.5. The quantitative estimate of drug-likeness (QED) is 0.488. The average molecular weight is 431 g/mol. The van der Waals surface area contributed by atoms with Gasteiger partial charge in [0.2, 0.25) is 0 Å². The zero-order valence-electron chi connectivity index (χ0n) is 20.5. The molecule has 31 heavy (non-hydrogen) atoms. The van der Waals surface area contributed by atoms with Gasteiger partial charge < -0.3 is 15.3 Å². The van der Waals surface area contributed by atoms with E-state index < -0.39 is 17.8 Å². The molecular weight excluding hydrogens is 384 g/mol. The molecule has 3 nitrogen and oxygen atoms in total. The van der Waals surface area contributed by atoms with E-state index in [1.807, 2.05) is 20.8 Å². The molecule has 0 bridgehead atoms. The van der Waals surface area contributed by atoms with E-state index >= 15 is 0 Å². The molecule has 0 heterocycles. The van der Waals surface area contributed by atoms with Gasteiger partial charge in [0, 0.05) is 5.92 Å². The molecule has 1 unspecified atom stereocenters. The van der Waals surface area contributed by atoms with Crippen molar-refractivity contribution in [2.45, 2.75) is 110 Å². The van der Waals surface area contributed by atoms with Crippen LogP contribution in [0.2, 0.25) is 0 Å². The third-order valence-electron chi connectivity index (χ3n) is 8.97. The van der Waals surface area contributed by atoms with Crippen LogP contribution in [0.4, 0.5) is 0 Å². The molecule has 0 amide bonds. The summed E-state index contributed by atoms with van der Waals surface area (Å²) in [5, 5.41) is 30.7. The van der Waals surface area contributed by atoms with Gasteiger partial charge in [0.15, 0.2) is 0 Å². The van der Waals surface area contributed by atoms with E-state index in [4.69, 9.17) is 0 Å². The van der Waals surface area contributed by atoms with Crippen LogP contribution in [0.5, 0.6) is 0 Å². The van der Waals surface area contributed by atoms with Crippen molar-refractivity contribution in [1.82, 2.24) is 0 Å². The molecular formula is C28H46O3. The van der Waals surface area contributed by atoms with Crippen molar-refractivity contribution in [2.75, 3.05) is 0 Å². The summed E-state index contributed by atoms with van der Waals surface area (Å²) in [5.41, 5.74) is 3.15. The molecule has 0 saturated heterocycles. The third-order valence-corrected chi connectivity index (χ3v) is 8.97. The lowest BCUT2D eigenvalue weighted by Gasteiger charge is -2.44. The second-order valence-corrected chi connectivity index (χ2v) is 11.8. The van der Waals surface area contributed by atoms with Crippen LogP contribution < -0.4 is 0 Å². The highest BCUT2D eigenvalue weighted by molar-refractivity contribution is 5.39. The fraction of sp³-hybridized carbons (Fsp3) is 0.786. The van der Waals surface area contributed by atoms with E-state index in [0.29, 0.717) is 23.7 Å². The van der Waals surface area contributed by atoms with Gasteiger partial charge in [-0.1, -0.05) is 57.9 Å². The van der Waals surface area contributed by atoms with Crippen LogP contribution >= 0.6 is 0 Å². The standard InChI is InChI=1S/C28H46O3/c1-18(9-7-15-27(4,5)31)23-13-14-24-21(10-8-16-28(23,24)6)11-12-22-17-25(29)20(3)26(30)19(22)2/h11-12,18,20,23-26,29-31H,2,7-10,13-17H2,1,3-6H3/b21-11+,22-12-/t18-,20+,23+,24?,25+,26-,28+/m0/s1. The van der Waals surface area contributed by atoms with Crippen molar-refractivity contribution in [3.8, 4) is 0 Å². The zero-order chi connectivity index (χ0) is 23.0. The number of fused-ring (bicyclic) bond motifs is 1. The molecule has 3 aliphatic rings. The molecule has 0 aromatic rings. The average Bonchev–Trinajstić information content (AvgIpc) is 3.04. The first-order valence-electron chi connectivity index (χ1n) is 12.6. The molecule has 176 valence electrons. The molecule has 0 radical (unpaired) electrons. The minimum absolute atomic E-state index is 0.149. The number of allylic oxidation sites excluding steroid dienone is 3. The van der Waals surface area contributed by atoms with Crippen molar-refractivity contribution in [3.05, 3.63) is 35.5 Å². The molecule has 3 N–H and O–H groups in total. The van der Waals surface area contributed by atoms with Gasteiger partial charge >= 0.3 is 0 Å². The highest BCUT2D eigenvalue weighted by Crippen LogP contribution is 2.60. The number of rotatable bonds is 6. The van der Waals surface area contributed by atoms with E-state index in [1.54, 1.807) is 5.57 Å². The minimum Gasteiger partial charge on any atom is -0.392 e. The topological polar surface area (TPSA) is 60.7 Å². The van der Waals surface area contributed by atoms with Crippen LogP contribution in [0.15, 0.2) is 35.5 Å². The van der Waals surface area contributed by atoms with Crippen LogP contribution in [0.25, 0.3) is 0 Å². The van der Waals surface area contributed by atoms with Gasteiger partial charge in [0.1, 0.15) is 0 Å². The summed E-state index contributed by atoms with van der Waals surface area (Å²) in [5.74, 6) is 1.94. The predicted octanol–water partition coefficient (Wildman–Crippen LogP) is 5.95. The van der Waals surface area contributed by atoms with Crippen LogP contribution in [0.1, 0.15) is 92.4 Å². The van der Waals surface area contributed by atoms with Crippen molar-refractivity contribution in [2.24, 2.45) is 29.1 Å². The van der Waals surface area contributed by atoms with Crippen LogP contribution in [0.3, 0.4) is 0 Å². The molecule has 0 spiro atoms. The van der Waals surface area contributed by atoms with E-state index in [-0.39, 0.29) is 5.92 Å². The maximum atomic E-state index is 10.4. The van der Waals surface area contributed by atoms with E-state index in [9.17, 15) is 15.3 Å². The maximum absolute atomic E-state index is 10.4. The van der Waals surface area contributed by atoms with E-state index in [1.165, 1.54) is 32.1 Å². The molecule has 0 aromatic heterocycles. The van der Waals surface area contributed by atoms with Gasteiger partial charge in [0.05, 0.1) is 17.8 Å². The first-order valence-corrected chi connectivity index (χ1v) is 12.6. The molecule has 7 atom stereocenters. The summed E-state index contributed by atoms with van der Waals surface area (Å²) in [7, 11) is 0. The SMILES string of the molecule is C=C1/C(=C\C=C2/CCC[C@@]3(C)C2CC[C@@H]3[C@@H](C)CCCC(C)(C)O)C[C@@H](O)[C@@H](C)[C@H]1O. The number of hydrogen-bond acceptors (Lipinski definition) is 3. The molecule has 0 aromatic carbocycles. The van der Waals surface area contributed by atoms with Crippen molar-refractivity contribution >= 4 is 0 Å². The Kier molecular flexibility index (Phi) is 7.61. The fourth-order valence-corrected chi connectivity index (χ4v) is 6.91. The molecule has 3 fully saturated rings. The van der Waals surface area contributed by atoms with Crippen LogP contribution in [0, 0.1) is 29.1 Å². The molecule has 3 heteroatoms. The Morgan fingerprint density at radius 3 is 2.61 bits per heavy atom. The molecule has 3 saturated carbocycles. The van der Waals surface area contributed by atoms with Gasteiger partial charge in [-0.05, 0) is 93.1 Å². The van der Waals surface area contributed by atoms with Crippen LogP contribution in [-0.2, 0) is 0 Å². The number of aliphatic hydroxyl groups excluding tert-OH is 2. The summed E-state index contributed by atoms with van der Waals surface area (Å²) >= 11 is 0. The van der Waals surface area contributed by atoms with Gasteiger partial charge in [-0.25, -0.2) is 0 Å². The van der Waals surface area contributed by atoms with Gasteiger partial charge in [-0.2, -0.15) is 0 Å². The Labute approximate surface area is 190 Å². The highest BCUT2D eigenvalue weighted by Gasteiger charge is 2.50. The number of hydrogen-bond donors (Lipinski definition) is 3. The lowest BCUT2D eigenvalue weighted by molar-refractivity contribution is 0.0283. The Hall–Kier alpha value is -0.900. The maximum Gasteiger partial charge on any atom is 0.0837 e. The normalized spacial score (nSPS) is 40.4. The first-order chi connectivity index (χ1) is 14.4. The van der Waals surface area contributed by atoms with Crippen LogP contribution in [-0.4, -0.2) is 33.1 Å². The summed E-state index contributed by atoms with van der Waals surface area (Å²) in [6.07, 6.45) is 13.4. The molecule has 3 rings (SSSR count). The van der Waals surface area contributed by atoms with Gasteiger partial charge in [-0.15, -0.1) is 0 Å². The summed E-state index contributed by atoms with van der Waals surface area (Å²) < 4.78 is 0. The number of aliphatic hydroxyl groups is 3. The van der Waals surface area contributed by atoms with Crippen molar-refractivity contribution in [3.63, 3.8) is 0 Å². The molecule has 3 aliphatic carbocycles. The second-order valence-electron chi connectivity index (χ2n) is 11.8. The van der Waals surface area contributed by atoms with Crippen molar-refractivity contribution < 1.29 is 15.3 Å². The fourth-order valence-electron chi connectivity index (χ4n) is 6.91.